The van der Waals surface area contributed by atoms with E-state index in [0.29, 0.717) is 6.54 Å². The van der Waals surface area contributed by atoms with Crippen LogP contribution in [0.5, 0.6) is 0 Å². The topological polar surface area (TPSA) is 38.8 Å². The van der Waals surface area contributed by atoms with Crippen molar-refractivity contribution in [3.05, 3.63) is 0 Å². The Balaban J connectivity index is 2.36. The van der Waals surface area contributed by atoms with Gasteiger partial charge in [-0.05, 0) is 27.2 Å². The normalized spacial score (nSPS) is 23.9. The van der Waals surface area contributed by atoms with Gasteiger partial charge in [-0.15, -0.1) is 5.06 Å². The molecule has 14 heavy (non-hydrogen) atoms. The Kier molecular flexibility index (Phi) is 3.50. The lowest BCUT2D eigenvalue weighted by molar-refractivity contribution is -0.196. The Morgan fingerprint density at radius 3 is 2.50 bits per heavy atom. The number of methoxy groups -OCH3 is 1. The predicted molar refractivity (Wildman–Crippen MR) is 52.5 cm³/mol. The zero-order valence-electron chi connectivity index (χ0n) is 9.37. The molecule has 1 saturated heterocycles. The van der Waals surface area contributed by atoms with Gasteiger partial charge in [0.15, 0.2) is 0 Å². The van der Waals surface area contributed by atoms with Crippen molar-refractivity contribution in [1.29, 1.82) is 0 Å². The molecule has 0 bridgehead atoms. The fourth-order valence-electron chi connectivity index (χ4n) is 1.23. The molecule has 1 aliphatic heterocycles. The molecular weight excluding hydrogens is 182 g/mol. The second-order valence-corrected chi connectivity index (χ2v) is 4.66. The fourth-order valence-corrected chi connectivity index (χ4v) is 1.23. The first-order valence-electron chi connectivity index (χ1n) is 4.93. The average molecular weight is 201 g/mol. The SMILES string of the molecule is CO[C@@H]1CCN(OC(=O)C(C)(C)C)C1. The van der Waals surface area contributed by atoms with Crippen molar-refractivity contribution in [3.8, 4) is 0 Å². The van der Waals surface area contributed by atoms with E-state index in [1.54, 1.807) is 12.2 Å². The van der Waals surface area contributed by atoms with Gasteiger partial charge >= 0.3 is 5.97 Å². The monoisotopic (exact) mass is 201 g/mol. The Hall–Kier alpha value is -0.610. The first kappa shape index (κ1) is 11.5. The zero-order chi connectivity index (χ0) is 10.8. The van der Waals surface area contributed by atoms with E-state index in [1.165, 1.54) is 0 Å². The highest BCUT2D eigenvalue weighted by atomic mass is 16.7. The fraction of sp³-hybridized carbons (Fsp3) is 0.900. The third-order valence-corrected chi connectivity index (χ3v) is 2.27. The number of nitrogens with zero attached hydrogens (tertiary/aromatic N) is 1. The molecule has 0 aromatic heterocycles. The maximum absolute atomic E-state index is 11.5. The van der Waals surface area contributed by atoms with E-state index in [4.69, 9.17) is 9.57 Å². The number of hydroxylamine groups is 2. The molecule has 0 saturated carbocycles. The molecule has 4 heteroatoms. The number of rotatable bonds is 2. The molecule has 1 atom stereocenters. The summed E-state index contributed by atoms with van der Waals surface area (Å²) in [5.74, 6) is -0.186. The molecule has 1 aliphatic rings. The summed E-state index contributed by atoms with van der Waals surface area (Å²) in [7, 11) is 1.68. The molecule has 4 nitrogen and oxygen atoms in total. The standard InChI is InChI=1S/C10H19NO3/c1-10(2,3)9(12)14-11-6-5-8(7-11)13-4/h8H,5-7H2,1-4H3/t8-/m1/s1. The lowest BCUT2D eigenvalue weighted by Gasteiger charge is -2.21. The van der Waals surface area contributed by atoms with Crippen molar-refractivity contribution in [3.63, 3.8) is 0 Å². The molecule has 1 fully saturated rings. The minimum Gasteiger partial charge on any atom is -0.380 e. The van der Waals surface area contributed by atoms with E-state index in [9.17, 15) is 4.79 Å². The summed E-state index contributed by atoms with van der Waals surface area (Å²) >= 11 is 0. The van der Waals surface area contributed by atoms with Gasteiger partial charge in [0.1, 0.15) is 0 Å². The van der Waals surface area contributed by atoms with E-state index in [0.717, 1.165) is 13.0 Å². The Morgan fingerprint density at radius 1 is 1.43 bits per heavy atom. The average Bonchev–Trinajstić information content (AvgIpc) is 2.50. The summed E-state index contributed by atoms with van der Waals surface area (Å²) < 4.78 is 5.18. The van der Waals surface area contributed by atoms with Crippen LogP contribution in [0.25, 0.3) is 0 Å². The molecule has 0 aromatic carbocycles. The van der Waals surface area contributed by atoms with Crippen LogP contribution in [0.4, 0.5) is 0 Å². The molecule has 0 spiro atoms. The van der Waals surface area contributed by atoms with Gasteiger partial charge in [0, 0.05) is 13.7 Å². The Labute approximate surface area is 85.1 Å². The van der Waals surface area contributed by atoms with Gasteiger partial charge in [-0.25, -0.2) is 4.79 Å². The van der Waals surface area contributed by atoms with Crippen molar-refractivity contribution in [2.24, 2.45) is 5.41 Å². The smallest absolute Gasteiger partial charge is 0.330 e. The minimum absolute atomic E-state index is 0.186. The zero-order valence-corrected chi connectivity index (χ0v) is 9.37. The second kappa shape index (κ2) is 4.28. The van der Waals surface area contributed by atoms with Gasteiger partial charge in [0.25, 0.3) is 0 Å². The molecule has 1 rings (SSSR count). The number of carbonyl (C=O) groups is 1. The van der Waals surface area contributed by atoms with Gasteiger partial charge in [0.05, 0.1) is 18.1 Å². The number of carbonyl (C=O) groups excluding carboxylic acids is 1. The van der Waals surface area contributed by atoms with Gasteiger partial charge in [-0.2, -0.15) is 0 Å². The van der Waals surface area contributed by atoms with E-state index >= 15 is 0 Å². The van der Waals surface area contributed by atoms with Crippen LogP contribution in [0.15, 0.2) is 0 Å². The molecule has 0 amide bonds. The molecule has 0 unspecified atom stereocenters. The van der Waals surface area contributed by atoms with Gasteiger partial charge in [-0.3, -0.25) is 0 Å². The second-order valence-electron chi connectivity index (χ2n) is 4.66. The lowest BCUT2D eigenvalue weighted by atomic mass is 9.98. The maximum atomic E-state index is 11.5. The third kappa shape index (κ3) is 2.96. The highest BCUT2D eigenvalue weighted by Gasteiger charge is 2.30. The first-order valence-corrected chi connectivity index (χ1v) is 4.93. The van der Waals surface area contributed by atoms with Crippen LogP contribution < -0.4 is 0 Å². The molecule has 0 radical (unpaired) electrons. The molecular formula is C10H19NO3. The number of ether oxygens (including phenoxy) is 1. The van der Waals surface area contributed by atoms with Crippen LogP contribution in [0, 0.1) is 5.41 Å². The molecule has 0 aliphatic carbocycles. The number of hydrogen-bond donors (Lipinski definition) is 0. The van der Waals surface area contributed by atoms with E-state index in [2.05, 4.69) is 0 Å². The van der Waals surface area contributed by atoms with Crippen molar-refractivity contribution < 1.29 is 14.4 Å². The van der Waals surface area contributed by atoms with Crippen LogP contribution in [0.1, 0.15) is 27.2 Å². The summed E-state index contributed by atoms with van der Waals surface area (Å²) in [6, 6.07) is 0. The minimum atomic E-state index is -0.439. The third-order valence-electron chi connectivity index (χ3n) is 2.27. The van der Waals surface area contributed by atoms with Gasteiger partial charge < -0.3 is 9.57 Å². The molecule has 82 valence electrons. The Bertz CT molecular complexity index is 210. The summed E-state index contributed by atoms with van der Waals surface area (Å²) in [4.78, 5) is 16.7. The number of hydrogen-bond acceptors (Lipinski definition) is 4. The first-order chi connectivity index (χ1) is 6.43. The lowest BCUT2D eigenvalue weighted by Crippen LogP contribution is -2.32. The van der Waals surface area contributed by atoms with E-state index in [1.807, 2.05) is 20.8 Å². The van der Waals surface area contributed by atoms with E-state index < -0.39 is 5.41 Å². The molecule has 1 heterocycles. The maximum Gasteiger partial charge on any atom is 0.330 e. The summed E-state index contributed by atoms with van der Waals surface area (Å²) in [5, 5.41) is 1.68. The van der Waals surface area contributed by atoms with Crippen LogP contribution >= 0.6 is 0 Å². The highest BCUT2D eigenvalue weighted by molar-refractivity contribution is 5.75. The summed E-state index contributed by atoms with van der Waals surface area (Å²) in [6.07, 6.45) is 1.12. The van der Waals surface area contributed by atoms with Crippen LogP contribution in [-0.2, 0) is 14.4 Å². The summed E-state index contributed by atoms with van der Waals surface area (Å²) in [6.45, 7) is 6.98. The highest BCUT2D eigenvalue weighted by Crippen LogP contribution is 2.19. The van der Waals surface area contributed by atoms with Crippen molar-refractivity contribution in [2.75, 3.05) is 20.2 Å². The Morgan fingerprint density at radius 2 is 2.07 bits per heavy atom. The molecule has 0 aromatic rings. The quantitative estimate of drug-likeness (QED) is 0.673. The van der Waals surface area contributed by atoms with Crippen molar-refractivity contribution >= 4 is 5.97 Å². The van der Waals surface area contributed by atoms with Crippen molar-refractivity contribution in [1.82, 2.24) is 5.06 Å². The van der Waals surface area contributed by atoms with Crippen LogP contribution in [0.2, 0.25) is 0 Å². The predicted octanol–water partition coefficient (Wildman–Crippen LogP) is 1.21. The van der Waals surface area contributed by atoms with Crippen LogP contribution in [-0.4, -0.2) is 37.3 Å². The summed E-state index contributed by atoms with van der Waals surface area (Å²) in [5.41, 5.74) is -0.439. The molecule has 0 N–H and O–H groups in total. The van der Waals surface area contributed by atoms with Crippen LogP contribution in [0.3, 0.4) is 0 Å². The van der Waals surface area contributed by atoms with Gasteiger partial charge in [0.2, 0.25) is 0 Å². The van der Waals surface area contributed by atoms with E-state index in [-0.39, 0.29) is 12.1 Å². The van der Waals surface area contributed by atoms with Crippen molar-refractivity contribution in [2.45, 2.75) is 33.3 Å². The largest absolute Gasteiger partial charge is 0.380 e. The van der Waals surface area contributed by atoms with Gasteiger partial charge in [-0.1, -0.05) is 0 Å².